The van der Waals surface area contributed by atoms with Gasteiger partial charge in [-0.3, -0.25) is 4.79 Å². The molecule has 0 fully saturated rings. The van der Waals surface area contributed by atoms with Crippen molar-refractivity contribution in [2.45, 2.75) is 0 Å². The number of nitrogens with two attached hydrogens (primary N) is 1. The molecule has 0 aliphatic rings. The Kier molecular flexibility index (Phi) is 4.13. The van der Waals surface area contributed by atoms with Crippen LogP contribution in [0.4, 0.5) is 14.5 Å². The Bertz CT molecular complexity index is 717. The van der Waals surface area contributed by atoms with E-state index in [1.165, 1.54) is 24.3 Å². The maximum absolute atomic E-state index is 13.2. The highest BCUT2D eigenvalue weighted by Crippen LogP contribution is 2.18. The van der Waals surface area contributed by atoms with Gasteiger partial charge in [0, 0.05) is 11.1 Å². The zero-order valence-electron chi connectivity index (χ0n) is 10.7. The van der Waals surface area contributed by atoms with Gasteiger partial charge < -0.3 is 16.3 Å². The summed E-state index contributed by atoms with van der Waals surface area (Å²) in [5, 5.41) is 13.9. The van der Waals surface area contributed by atoms with E-state index in [0.717, 1.165) is 18.2 Å². The number of halogens is 2. The summed E-state index contributed by atoms with van der Waals surface area (Å²) in [6, 6.07) is 8.45. The Morgan fingerprint density at radius 2 is 1.86 bits per heavy atom. The molecule has 21 heavy (non-hydrogen) atoms. The number of benzene rings is 2. The molecule has 0 aliphatic carbocycles. The minimum Gasteiger partial charge on any atom is -0.409 e. The fourth-order valence-corrected chi connectivity index (χ4v) is 1.72. The minimum absolute atomic E-state index is 0.0160. The van der Waals surface area contributed by atoms with Crippen molar-refractivity contribution in [3.8, 4) is 0 Å². The lowest BCUT2D eigenvalue weighted by atomic mass is 10.1. The van der Waals surface area contributed by atoms with Crippen molar-refractivity contribution in [3.05, 3.63) is 65.2 Å². The van der Waals surface area contributed by atoms with Gasteiger partial charge in [0.15, 0.2) is 5.84 Å². The highest BCUT2D eigenvalue weighted by atomic mass is 19.1. The van der Waals surface area contributed by atoms with E-state index in [1.807, 2.05) is 0 Å². The van der Waals surface area contributed by atoms with E-state index in [4.69, 9.17) is 10.9 Å². The van der Waals surface area contributed by atoms with Crippen molar-refractivity contribution in [3.63, 3.8) is 0 Å². The molecule has 0 heterocycles. The third kappa shape index (κ3) is 3.33. The second-order valence-corrected chi connectivity index (χ2v) is 4.14. The molecule has 5 nitrogen and oxygen atoms in total. The quantitative estimate of drug-likeness (QED) is 0.351. The molecule has 0 spiro atoms. The van der Waals surface area contributed by atoms with Crippen LogP contribution >= 0.6 is 0 Å². The summed E-state index contributed by atoms with van der Waals surface area (Å²) in [6.45, 7) is 0. The minimum atomic E-state index is -0.611. The largest absolute Gasteiger partial charge is 0.409 e. The summed E-state index contributed by atoms with van der Waals surface area (Å²) >= 11 is 0. The second kappa shape index (κ2) is 6.00. The van der Waals surface area contributed by atoms with Gasteiger partial charge in [0.1, 0.15) is 11.6 Å². The topological polar surface area (TPSA) is 87.7 Å². The molecule has 0 unspecified atom stereocenters. The molecule has 4 N–H and O–H groups in total. The van der Waals surface area contributed by atoms with Crippen LogP contribution in [0.15, 0.2) is 47.6 Å². The highest BCUT2D eigenvalue weighted by Gasteiger charge is 2.13. The molecule has 1 amide bonds. The molecular formula is C14H11F2N3O2. The van der Waals surface area contributed by atoms with Crippen molar-refractivity contribution in [2.75, 3.05) is 5.32 Å². The van der Waals surface area contributed by atoms with Crippen molar-refractivity contribution in [1.29, 1.82) is 0 Å². The van der Waals surface area contributed by atoms with E-state index < -0.39 is 17.5 Å². The Hall–Kier alpha value is -2.96. The number of carbonyl (C=O) groups is 1. The fraction of sp³-hybridized carbons (Fsp3) is 0. The first-order valence-electron chi connectivity index (χ1n) is 5.85. The summed E-state index contributed by atoms with van der Waals surface area (Å²) in [4.78, 5) is 12.0. The normalized spacial score (nSPS) is 11.2. The monoisotopic (exact) mass is 291 g/mol. The van der Waals surface area contributed by atoms with Gasteiger partial charge in [-0.05, 0) is 36.4 Å². The van der Waals surface area contributed by atoms with Crippen LogP contribution in [0.1, 0.15) is 15.9 Å². The van der Waals surface area contributed by atoms with Gasteiger partial charge in [0.25, 0.3) is 5.91 Å². The number of hydrogen-bond donors (Lipinski definition) is 3. The third-order valence-electron chi connectivity index (χ3n) is 2.70. The molecule has 0 atom stereocenters. The van der Waals surface area contributed by atoms with Crippen LogP contribution in [-0.2, 0) is 0 Å². The molecular weight excluding hydrogens is 280 g/mol. The molecule has 0 aromatic heterocycles. The first-order valence-corrected chi connectivity index (χ1v) is 5.85. The van der Waals surface area contributed by atoms with E-state index in [-0.39, 0.29) is 22.6 Å². The van der Waals surface area contributed by atoms with E-state index in [9.17, 15) is 13.6 Å². The number of nitrogens with one attached hydrogen (secondary N) is 1. The van der Waals surface area contributed by atoms with Crippen molar-refractivity contribution in [2.24, 2.45) is 10.9 Å². The Morgan fingerprint density at radius 1 is 1.14 bits per heavy atom. The average Bonchev–Trinajstić information content (AvgIpc) is 2.48. The van der Waals surface area contributed by atoms with E-state index in [2.05, 4.69) is 10.5 Å². The first-order chi connectivity index (χ1) is 10.0. The fourth-order valence-electron chi connectivity index (χ4n) is 1.72. The van der Waals surface area contributed by atoms with Crippen LogP contribution in [0.25, 0.3) is 0 Å². The molecule has 2 aromatic rings. The third-order valence-corrected chi connectivity index (χ3v) is 2.70. The molecule has 0 saturated heterocycles. The van der Waals surface area contributed by atoms with Gasteiger partial charge in [-0.2, -0.15) is 0 Å². The number of hydrogen-bond acceptors (Lipinski definition) is 3. The number of amidine groups is 1. The SMILES string of the molecule is N/C(=N/O)c1cc(F)ccc1NC(=O)c1cccc(F)c1. The number of nitrogens with zero attached hydrogens (tertiary/aromatic N) is 1. The first kappa shape index (κ1) is 14.4. The number of rotatable bonds is 3. The average molecular weight is 291 g/mol. The zero-order valence-corrected chi connectivity index (χ0v) is 10.7. The lowest BCUT2D eigenvalue weighted by Crippen LogP contribution is -2.19. The number of oxime groups is 1. The number of anilines is 1. The number of carbonyl (C=O) groups excluding carboxylic acids is 1. The van der Waals surface area contributed by atoms with Crippen molar-refractivity contribution >= 4 is 17.4 Å². The molecule has 0 bridgehead atoms. The van der Waals surface area contributed by atoms with Gasteiger partial charge in [-0.15, -0.1) is 0 Å². The van der Waals surface area contributed by atoms with Crippen LogP contribution in [0, 0.1) is 11.6 Å². The molecule has 0 aliphatic heterocycles. The molecule has 2 rings (SSSR count). The summed E-state index contributed by atoms with van der Waals surface area (Å²) in [6.07, 6.45) is 0. The predicted molar refractivity (Wildman–Crippen MR) is 73.3 cm³/mol. The van der Waals surface area contributed by atoms with Crippen LogP contribution in [-0.4, -0.2) is 17.0 Å². The summed E-state index contributed by atoms with van der Waals surface area (Å²) in [5.41, 5.74) is 5.67. The van der Waals surface area contributed by atoms with Crippen molar-refractivity contribution < 1.29 is 18.8 Å². The Morgan fingerprint density at radius 3 is 2.52 bits per heavy atom. The van der Waals surface area contributed by atoms with Crippen LogP contribution in [0.2, 0.25) is 0 Å². The summed E-state index contributed by atoms with van der Waals surface area (Å²) in [5.74, 6) is -2.13. The van der Waals surface area contributed by atoms with Gasteiger partial charge in [0.05, 0.1) is 5.69 Å². The molecule has 0 saturated carbocycles. The molecule has 0 radical (unpaired) electrons. The van der Waals surface area contributed by atoms with E-state index in [1.54, 1.807) is 0 Å². The van der Waals surface area contributed by atoms with E-state index in [0.29, 0.717) is 0 Å². The Balaban J connectivity index is 2.33. The van der Waals surface area contributed by atoms with Gasteiger partial charge >= 0.3 is 0 Å². The van der Waals surface area contributed by atoms with Crippen LogP contribution < -0.4 is 11.1 Å². The number of amides is 1. The molecule has 108 valence electrons. The van der Waals surface area contributed by atoms with Crippen molar-refractivity contribution in [1.82, 2.24) is 0 Å². The maximum Gasteiger partial charge on any atom is 0.255 e. The zero-order chi connectivity index (χ0) is 15.4. The second-order valence-electron chi connectivity index (χ2n) is 4.14. The lowest BCUT2D eigenvalue weighted by Gasteiger charge is -2.10. The lowest BCUT2D eigenvalue weighted by molar-refractivity contribution is 0.102. The molecule has 7 heteroatoms. The van der Waals surface area contributed by atoms with Gasteiger partial charge in [0.2, 0.25) is 0 Å². The van der Waals surface area contributed by atoms with Gasteiger partial charge in [-0.1, -0.05) is 11.2 Å². The molecule has 2 aromatic carbocycles. The van der Waals surface area contributed by atoms with Gasteiger partial charge in [-0.25, -0.2) is 8.78 Å². The van der Waals surface area contributed by atoms with Crippen LogP contribution in [0.5, 0.6) is 0 Å². The Labute approximate surface area is 118 Å². The highest BCUT2D eigenvalue weighted by molar-refractivity contribution is 6.09. The standard InChI is InChI=1S/C14H11F2N3O2/c15-9-3-1-2-8(6-9)14(20)18-12-5-4-10(16)7-11(12)13(17)19-21/h1-7,21H,(H2,17,19)(H,18,20). The maximum atomic E-state index is 13.2. The summed E-state index contributed by atoms with van der Waals surface area (Å²) in [7, 11) is 0. The van der Waals surface area contributed by atoms with E-state index >= 15 is 0 Å². The van der Waals surface area contributed by atoms with Crippen LogP contribution in [0.3, 0.4) is 0 Å². The predicted octanol–water partition coefficient (Wildman–Crippen LogP) is 2.31. The smallest absolute Gasteiger partial charge is 0.255 e. The summed E-state index contributed by atoms with van der Waals surface area (Å²) < 4.78 is 26.3.